The minimum Gasteiger partial charge on any atom is -0.467 e. The standard InChI is InChI=1S/C21H25N3O5S/c1-12(2)15-11-30-16(24-15)7-6-13-8-14(10-22-9-13)23-19(25)17-18(20(26)27-5)29-21(3,4)28-17/h6-12,17-18H,1-5H3,(H,23,25)/b7-6+/t17-,18-/m0/s1. The average molecular weight is 432 g/mol. The number of ether oxygens (including phenoxy) is 3. The summed E-state index contributed by atoms with van der Waals surface area (Å²) in [6.07, 6.45) is 4.71. The number of methoxy groups -OCH3 is 1. The van der Waals surface area contributed by atoms with E-state index < -0.39 is 29.9 Å². The van der Waals surface area contributed by atoms with Gasteiger partial charge in [0, 0.05) is 11.6 Å². The van der Waals surface area contributed by atoms with Crippen LogP contribution < -0.4 is 5.32 Å². The van der Waals surface area contributed by atoms with Crippen molar-refractivity contribution in [3.63, 3.8) is 0 Å². The molecular formula is C21H25N3O5S. The van der Waals surface area contributed by atoms with E-state index >= 15 is 0 Å². The second-order valence-corrected chi connectivity index (χ2v) is 8.48. The molecule has 2 aromatic heterocycles. The van der Waals surface area contributed by atoms with Gasteiger partial charge in [0.25, 0.3) is 5.91 Å². The zero-order chi connectivity index (χ0) is 21.9. The number of hydrogen-bond donors (Lipinski definition) is 1. The molecule has 0 spiro atoms. The molecule has 0 bridgehead atoms. The van der Waals surface area contributed by atoms with Gasteiger partial charge in [0.2, 0.25) is 0 Å². The van der Waals surface area contributed by atoms with Gasteiger partial charge < -0.3 is 19.5 Å². The van der Waals surface area contributed by atoms with Gasteiger partial charge in [-0.25, -0.2) is 9.78 Å². The lowest BCUT2D eigenvalue weighted by Crippen LogP contribution is -2.41. The highest BCUT2D eigenvalue weighted by atomic mass is 32.1. The molecule has 0 unspecified atom stereocenters. The first kappa shape index (κ1) is 22.1. The minimum atomic E-state index is -1.14. The van der Waals surface area contributed by atoms with Crippen LogP contribution in [-0.2, 0) is 23.8 Å². The first-order valence-corrected chi connectivity index (χ1v) is 10.4. The Balaban J connectivity index is 1.70. The van der Waals surface area contributed by atoms with Gasteiger partial charge in [-0.2, -0.15) is 0 Å². The minimum absolute atomic E-state index is 0.379. The Bertz CT molecular complexity index is 954. The van der Waals surface area contributed by atoms with E-state index in [1.165, 1.54) is 13.3 Å². The maximum atomic E-state index is 12.7. The Morgan fingerprint density at radius 2 is 1.97 bits per heavy atom. The third-order valence-electron chi connectivity index (χ3n) is 4.36. The third kappa shape index (κ3) is 5.29. The molecule has 1 N–H and O–H groups in total. The number of thiazole rings is 1. The average Bonchev–Trinajstić information content (AvgIpc) is 3.30. The van der Waals surface area contributed by atoms with E-state index in [0.29, 0.717) is 11.6 Å². The zero-order valence-corrected chi connectivity index (χ0v) is 18.4. The molecule has 1 amide bonds. The maximum absolute atomic E-state index is 12.7. The van der Waals surface area contributed by atoms with Gasteiger partial charge in [-0.3, -0.25) is 9.78 Å². The van der Waals surface area contributed by atoms with Crippen molar-refractivity contribution in [2.75, 3.05) is 12.4 Å². The lowest BCUT2D eigenvalue weighted by Gasteiger charge is -2.16. The summed E-state index contributed by atoms with van der Waals surface area (Å²) in [5.74, 6) is -1.88. The van der Waals surface area contributed by atoms with E-state index in [2.05, 4.69) is 29.1 Å². The van der Waals surface area contributed by atoms with Crippen LogP contribution in [0.15, 0.2) is 23.8 Å². The first-order chi connectivity index (χ1) is 14.2. The molecule has 0 radical (unpaired) electrons. The van der Waals surface area contributed by atoms with Crippen molar-refractivity contribution >= 4 is 41.1 Å². The molecule has 0 aliphatic carbocycles. The summed E-state index contributed by atoms with van der Waals surface area (Å²) in [4.78, 5) is 33.4. The van der Waals surface area contributed by atoms with Crippen LogP contribution in [0.25, 0.3) is 12.2 Å². The number of carbonyl (C=O) groups excluding carboxylic acids is 2. The lowest BCUT2D eigenvalue weighted by atomic mass is 10.2. The van der Waals surface area contributed by atoms with Crippen molar-refractivity contribution in [3.8, 4) is 0 Å². The van der Waals surface area contributed by atoms with E-state index in [4.69, 9.17) is 14.2 Å². The van der Waals surface area contributed by atoms with Gasteiger partial charge in [-0.05, 0) is 37.5 Å². The Morgan fingerprint density at radius 1 is 1.23 bits per heavy atom. The number of carbonyl (C=O) groups is 2. The SMILES string of the molecule is COC(=O)[C@H]1OC(C)(C)O[C@@H]1C(=O)Nc1cncc(/C=C/c2nc(C(C)C)cs2)c1. The summed E-state index contributed by atoms with van der Waals surface area (Å²) in [7, 11) is 1.23. The van der Waals surface area contributed by atoms with Gasteiger partial charge in [-0.15, -0.1) is 11.3 Å². The van der Waals surface area contributed by atoms with Crippen LogP contribution in [0, 0.1) is 0 Å². The molecule has 30 heavy (non-hydrogen) atoms. The molecule has 0 aromatic carbocycles. The Kier molecular flexibility index (Phi) is 6.64. The topological polar surface area (TPSA) is 99.6 Å². The van der Waals surface area contributed by atoms with E-state index in [-0.39, 0.29) is 0 Å². The number of amides is 1. The summed E-state index contributed by atoms with van der Waals surface area (Å²) in [5, 5.41) is 5.67. The lowest BCUT2D eigenvalue weighted by molar-refractivity contribution is -0.168. The number of pyridine rings is 1. The van der Waals surface area contributed by atoms with E-state index in [9.17, 15) is 9.59 Å². The van der Waals surface area contributed by atoms with Crippen molar-refractivity contribution in [3.05, 3.63) is 40.1 Å². The highest BCUT2D eigenvalue weighted by Crippen LogP contribution is 2.30. The molecule has 0 saturated carbocycles. The van der Waals surface area contributed by atoms with Gasteiger partial charge in [0.05, 0.1) is 24.7 Å². The largest absolute Gasteiger partial charge is 0.467 e. The highest BCUT2D eigenvalue weighted by Gasteiger charge is 2.49. The Labute approximate surface area is 179 Å². The van der Waals surface area contributed by atoms with Crippen LogP contribution in [0.1, 0.15) is 49.9 Å². The summed E-state index contributed by atoms with van der Waals surface area (Å²) in [6, 6.07) is 1.77. The van der Waals surface area contributed by atoms with E-state index in [0.717, 1.165) is 16.3 Å². The molecule has 9 heteroatoms. The Morgan fingerprint density at radius 3 is 2.63 bits per heavy atom. The molecule has 1 aliphatic rings. The summed E-state index contributed by atoms with van der Waals surface area (Å²) < 4.78 is 15.8. The summed E-state index contributed by atoms with van der Waals surface area (Å²) >= 11 is 1.57. The van der Waals surface area contributed by atoms with E-state index in [1.807, 2.05) is 17.5 Å². The molecule has 1 aliphatic heterocycles. The number of anilines is 1. The molecule has 3 heterocycles. The number of esters is 1. The van der Waals surface area contributed by atoms with Crippen LogP contribution in [0.5, 0.6) is 0 Å². The highest BCUT2D eigenvalue weighted by molar-refractivity contribution is 7.10. The quantitative estimate of drug-likeness (QED) is 0.699. The first-order valence-electron chi connectivity index (χ1n) is 9.51. The van der Waals surface area contributed by atoms with Crippen molar-refractivity contribution in [1.82, 2.24) is 9.97 Å². The van der Waals surface area contributed by atoms with Gasteiger partial charge in [-0.1, -0.05) is 19.9 Å². The second-order valence-electron chi connectivity index (χ2n) is 7.59. The van der Waals surface area contributed by atoms with Crippen LogP contribution in [0.2, 0.25) is 0 Å². The zero-order valence-electron chi connectivity index (χ0n) is 17.5. The fraction of sp³-hybridized carbons (Fsp3) is 0.429. The summed E-state index contributed by atoms with van der Waals surface area (Å²) in [5.41, 5.74) is 2.32. The third-order valence-corrected chi connectivity index (χ3v) is 5.19. The fourth-order valence-corrected chi connectivity index (χ4v) is 3.75. The molecule has 1 saturated heterocycles. The van der Waals surface area contributed by atoms with Crippen molar-refractivity contribution < 1.29 is 23.8 Å². The molecule has 160 valence electrons. The van der Waals surface area contributed by atoms with Crippen molar-refractivity contribution in [1.29, 1.82) is 0 Å². The number of aromatic nitrogens is 2. The summed E-state index contributed by atoms with van der Waals surface area (Å²) in [6.45, 7) is 7.46. The molecule has 2 atom stereocenters. The fourth-order valence-electron chi connectivity index (χ4n) is 2.88. The van der Waals surface area contributed by atoms with Crippen molar-refractivity contribution in [2.24, 2.45) is 0 Å². The monoisotopic (exact) mass is 431 g/mol. The van der Waals surface area contributed by atoms with Gasteiger partial charge in [0.1, 0.15) is 5.01 Å². The predicted molar refractivity (Wildman–Crippen MR) is 114 cm³/mol. The van der Waals surface area contributed by atoms with Crippen molar-refractivity contribution in [2.45, 2.75) is 51.6 Å². The smallest absolute Gasteiger partial charge is 0.338 e. The second kappa shape index (κ2) is 9.03. The van der Waals surface area contributed by atoms with Crippen LogP contribution in [0.3, 0.4) is 0 Å². The van der Waals surface area contributed by atoms with E-state index in [1.54, 1.807) is 37.4 Å². The molecular weight excluding hydrogens is 406 g/mol. The number of hydrogen-bond acceptors (Lipinski definition) is 8. The molecule has 1 fully saturated rings. The van der Waals surface area contributed by atoms with Crippen LogP contribution in [-0.4, -0.2) is 46.9 Å². The number of rotatable bonds is 6. The molecule has 3 rings (SSSR count). The predicted octanol–water partition coefficient (Wildman–Crippen LogP) is 3.46. The number of nitrogens with one attached hydrogen (secondary N) is 1. The van der Waals surface area contributed by atoms with Crippen LogP contribution >= 0.6 is 11.3 Å². The van der Waals surface area contributed by atoms with Gasteiger partial charge >= 0.3 is 5.97 Å². The normalized spacial score (nSPS) is 20.6. The Hall–Kier alpha value is -2.62. The van der Waals surface area contributed by atoms with Gasteiger partial charge in [0.15, 0.2) is 18.0 Å². The number of nitrogens with zero attached hydrogens (tertiary/aromatic N) is 2. The molecule has 8 nitrogen and oxygen atoms in total. The maximum Gasteiger partial charge on any atom is 0.338 e. The van der Waals surface area contributed by atoms with Crippen LogP contribution in [0.4, 0.5) is 5.69 Å². The molecule has 2 aromatic rings.